The van der Waals surface area contributed by atoms with Crippen LogP contribution in [0.25, 0.3) is 6.08 Å². The monoisotopic (exact) mass is 247 g/mol. The van der Waals surface area contributed by atoms with Gasteiger partial charge in [-0.1, -0.05) is 36.9 Å². The molecule has 1 unspecified atom stereocenters. The van der Waals surface area contributed by atoms with Gasteiger partial charge in [0.05, 0.1) is 6.04 Å². The number of alkyl carbamates (subject to hydrolysis) is 1. The Balaban J connectivity index is 2.61. The molecule has 98 valence electrons. The van der Waals surface area contributed by atoms with Crippen molar-refractivity contribution in [1.29, 1.82) is 0 Å². The molecule has 1 aromatic carbocycles. The van der Waals surface area contributed by atoms with Crippen LogP contribution in [0.15, 0.2) is 30.8 Å². The zero-order chi connectivity index (χ0) is 13.8. The number of hydrogen-bond donors (Lipinski definition) is 1. The molecule has 1 N–H and O–H groups in total. The third kappa shape index (κ3) is 4.62. The standard InChI is InChI=1S/C15H21NO2/c1-6-12-7-9-13(10-8-12)11(2)16-14(17)18-15(3,4)5/h6-11H,1H2,2-5H3,(H,16,17). The van der Waals surface area contributed by atoms with E-state index < -0.39 is 11.7 Å². The van der Waals surface area contributed by atoms with Crippen LogP contribution in [0.5, 0.6) is 0 Å². The molecule has 0 aromatic heterocycles. The van der Waals surface area contributed by atoms with Gasteiger partial charge in [0.15, 0.2) is 0 Å². The van der Waals surface area contributed by atoms with Crippen LogP contribution in [-0.2, 0) is 4.74 Å². The van der Waals surface area contributed by atoms with E-state index in [0.717, 1.165) is 11.1 Å². The van der Waals surface area contributed by atoms with Gasteiger partial charge in [-0.15, -0.1) is 0 Å². The second-order valence-electron chi connectivity index (χ2n) is 5.24. The van der Waals surface area contributed by atoms with Crippen molar-refractivity contribution in [2.24, 2.45) is 0 Å². The molecule has 3 nitrogen and oxygen atoms in total. The highest BCUT2D eigenvalue weighted by molar-refractivity contribution is 5.68. The second kappa shape index (κ2) is 5.71. The molecule has 1 rings (SSSR count). The van der Waals surface area contributed by atoms with Gasteiger partial charge in [0, 0.05) is 0 Å². The fourth-order valence-corrected chi connectivity index (χ4v) is 1.49. The van der Waals surface area contributed by atoms with Crippen LogP contribution >= 0.6 is 0 Å². The number of nitrogens with one attached hydrogen (secondary N) is 1. The minimum atomic E-state index is -0.476. The van der Waals surface area contributed by atoms with E-state index in [1.165, 1.54) is 0 Å². The smallest absolute Gasteiger partial charge is 0.408 e. The zero-order valence-corrected chi connectivity index (χ0v) is 11.5. The summed E-state index contributed by atoms with van der Waals surface area (Å²) in [6.45, 7) is 11.2. The number of amides is 1. The van der Waals surface area contributed by atoms with E-state index in [-0.39, 0.29) is 6.04 Å². The van der Waals surface area contributed by atoms with Gasteiger partial charge in [0.25, 0.3) is 0 Å². The van der Waals surface area contributed by atoms with Gasteiger partial charge in [-0.2, -0.15) is 0 Å². The highest BCUT2D eigenvalue weighted by Gasteiger charge is 2.18. The third-order valence-electron chi connectivity index (χ3n) is 2.41. The Bertz CT molecular complexity index is 415. The average molecular weight is 247 g/mol. The molecule has 0 aliphatic heterocycles. The first-order valence-electron chi connectivity index (χ1n) is 6.04. The normalized spacial score (nSPS) is 12.7. The van der Waals surface area contributed by atoms with Crippen LogP contribution in [0.4, 0.5) is 4.79 Å². The summed E-state index contributed by atoms with van der Waals surface area (Å²) < 4.78 is 5.21. The van der Waals surface area contributed by atoms with Crippen molar-refractivity contribution in [3.8, 4) is 0 Å². The molecule has 18 heavy (non-hydrogen) atoms. The van der Waals surface area contributed by atoms with Crippen LogP contribution in [0.1, 0.15) is 44.9 Å². The van der Waals surface area contributed by atoms with Gasteiger partial charge in [0.2, 0.25) is 0 Å². The molecule has 0 saturated heterocycles. The van der Waals surface area contributed by atoms with Crippen LogP contribution in [0, 0.1) is 0 Å². The number of rotatable bonds is 3. The fourth-order valence-electron chi connectivity index (χ4n) is 1.49. The van der Waals surface area contributed by atoms with Crippen molar-refractivity contribution in [2.75, 3.05) is 0 Å². The third-order valence-corrected chi connectivity index (χ3v) is 2.41. The van der Waals surface area contributed by atoms with Crippen molar-refractivity contribution < 1.29 is 9.53 Å². The summed E-state index contributed by atoms with van der Waals surface area (Å²) in [5.41, 5.74) is 1.62. The molecule has 1 atom stereocenters. The maximum absolute atomic E-state index is 11.6. The number of hydrogen-bond acceptors (Lipinski definition) is 2. The molecule has 0 fully saturated rings. The molecule has 0 saturated carbocycles. The van der Waals surface area contributed by atoms with E-state index in [1.807, 2.05) is 52.0 Å². The lowest BCUT2D eigenvalue weighted by molar-refractivity contribution is 0.0508. The van der Waals surface area contributed by atoms with E-state index in [0.29, 0.717) is 0 Å². The van der Waals surface area contributed by atoms with E-state index in [9.17, 15) is 4.79 Å². The first-order chi connectivity index (χ1) is 8.31. The largest absolute Gasteiger partial charge is 0.444 e. The minimum Gasteiger partial charge on any atom is -0.444 e. The Morgan fingerprint density at radius 2 is 1.89 bits per heavy atom. The van der Waals surface area contributed by atoms with E-state index in [1.54, 1.807) is 6.08 Å². The lowest BCUT2D eigenvalue weighted by Crippen LogP contribution is -2.34. The first-order valence-corrected chi connectivity index (χ1v) is 6.04. The second-order valence-corrected chi connectivity index (χ2v) is 5.24. The maximum atomic E-state index is 11.6. The Morgan fingerprint density at radius 1 is 1.33 bits per heavy atom. The maximum Gasteiger partial charge on any atom is 0.408 e. The van der Waals surface area contributed by atoms with Crippen molar-refractivity contribution in [3.05, 3.63) is 42.0 Å². The van der Waals surface area contributed by atoms with Crippen molar-refractivity contribution >= 4 is 12.2 Å². The Labute approximate surface area is 109 Å². The first kappa shape index (κ1) is 14.3. The molecule has 0 radical (unpaired) electrons. The summed E-state index contributed by atoms with van der Waals surface area (Å²) in [6, 6.07) is 7.79. The number of carbonyl (C=O) groups is 1. The number of benzene rings is 1. The SMILES string of the molecule is C=Cc1ccc(C(C)NC(=O)OC(C)(C)C)cc1. The molecule has 0 aliphatic rings. The van der Waals surface area contributed by atoms with Gasteiger partial charge in [0.1, 0.15) is 5.60 Å². The fraction of sp³-hybridized carbons (Fsp3) is 0.400. The number of carbonyl (C=O) groups excluding carboxylic acids is 1. The Kier molecular flexibility index (Phi) is 4.54. The number of ether oxygens (including phenoxy) is 1. The van der Waals surface area contributed by atoms with Gasteiger partial charge in [-0.3, -0.25) is 0 Å². The van der Waals surface area contributed by atoms with Gasteiger partial charge in [-0.25, -0.2) is 4.79 Å². The summed E-state index contributed by atoms with van der Waals surface area (Å²) in [6.07, 6.45) is 1.39. The van der Waals surface area contributed by atoms with E-state index in [2.05, 4.69) is 11.9 Å². The van der Waals surface area contributed by atoms with Crippen LogP contribution in [0.3, 0.4) is 0 Å². The molecular formula is C15H21NO2. The summed E-state index contributed by atoms with van der Waals surface area (Å²) in [7, 11) is 0. The van der Waals surface area contributed by atoms with Crippen molar-refractivity contribution in [1.82, 2.24) is 5.32 Å². The lowest BCUT2D eigenvalue weighted by Gasteiger charge is -2.22. The summed E-state index contributed by atoms with van der Waals surface area (Å²) >= 11 is 0. The molecule has 0 spiro atoms. The van der Waals surface area contributed by atoms with Crippen molar-refractivity contribution in [2.45, 2.75) is 39.3 Å². The van der Waals surface area contributed by atoms with Gasteiger partial charge in [-0.05, 0) is 38.8 Å². The van der Waals surface area contributed by atoms with Crippen molar-refractivity contribution in [3.63, 3.8) is 0 Å². The van der Waals surface area contributed by atoms with E-state index in [4.69, 9.17) is 4.74 Å². The van der Waals surface area contributed by atoms with Gasteiger partial charge < -0.3 is 10.1 Å². The molecule has 0 aliphatic carbocycles. The molecule has 0 heterocycles. The van der Waals surface area contributed by atoms with E-state index >= 15 is 0 Å². The molecule has 3 heteroatoms. The highest BCUT2D eigenvalue weighted by atomic mass is 16.6. The Hall–Kier alpha value is -1.77. The van der Waals surface area contributed by atoms with Crippen LogP contribution in [0.2, 0.25) is 0 Å². The summed E-state index contributed by atoms with van der Waals surface area (Å²) in [4.78, 5) is 11.6. The van der Waals surface area contributed by atoms with Gasteiger partial charge >= 0.3 is 6.09 Å². The summed E-state index contributed by atoms with van der Waals surface area (Å²) in [5, 5.41) is 2.80. The summed E-state index contributed by atoms with van der Waals surface area (Å²) in [5.74, 6) is 0. The minimum absolute atomic E-state index is 0.0845. The molecule has 1 aromatic rings. The predicted molar refractivity (Wildman–Crippen MR) is 74.3 cm³/mol. The average Bonchev–Trinajstić information content (AvgIpc) is 2.26. The Morgan fingerprint density at radius 3 is 2.33 bits per heavy atom. The topological polar surface area (TPSA) is 38.3 Å². The van der Waals surface area contributed by atoms with Crippen LogP contribution in [-0.4, -0.2) is 11.7 Å². The van der Waals surface area contributed by atoms with Crippen LogP contribution < -0.4 is 5.32 Å². The molecular weight excluding hydrogens is 226 g/mol. The molecule has 0 bridgehead atoms. The molecule has 1 amide bonds. The predicted octanol–water partition coefficient (Wildman–Crippen LogP) is 3.92. The zero-order valence-electron chi connectivity index (χ0n) is 11.5. The lowest BCUT2D eigenvalue weighted by atomic mass is 10.1. The quantitative estimate of drug-likeness (QED) is 0.879. The highest BCUT2D eigenvalue weighted by Crippen LogP contribution is 2.15.